The number of ether oxygens (including phenoxy) is 1. The van der Waals surface area contributed by atoms with Gasteiger partial charge in [-0.3, -0.25) is 0 Å². The van der Waals surface area contributed by atoms with Gasteiger partial charge in [0.25, 0.3) is 0 Å². The molecule has 19 heavy (non-hydrogen) atoms. The van der Waals surface area contributed by atoms with Gasteiger partial charge in [-0.1, -0.05) is 44.4 Å². The number of nitrogens with two attached hydrogens (primary N) is 1. The first-order valence-corrected chi connectivity index (χ1v) is 7.36. The number of nitrogen functional groups attached to an aromatic ring is 1. The third-order valence-electron chi connectivity index (χ3n) is 4.19. The van der Waals surface area contributed by atoms with Gasteiger partial charge < -0.3 is 15.6 Å². The Bertz CT molecular complexity index is 394. The van der Waals surface area contributed by atoms with Gasteiger partial charge in [0.2, 0.25) is 0 Å². The van der Waals surface area contributed by atoms with Gasteiger partial charge in [-0.15, -0.1) is 0 Å². The maximum atomic E-state index is 10.2. The van der Waals surface area contributed by atoms with Crippen molar-refractivity contribution in [2.45, 2.75) is 51.2 Å². The average Bonchev–Trinajstić information content (AvgIpc) is 2.45. The minimum Gasteiger partial charge on any atom is -0.398 e. The average molecular weight is 263 g/mol. The molecule has 1 aliphatic carbocycles. The predicted molar refractivity (Wildman–Crippen MR) is 77.8 cm³/mol. The SMILES string of the molecule is CCC1CCCCC1OCC(O)c1ccccc1N. The van der Waals surface area contributed by atoms with Crippen LogP contribution in [0.5, 0.6) is 0 Å². The topological polar surface area (TPSA) is 55.5 Å². The molecule has 0 aliphatic heterocycles. The number of rotatable bonds is 5. The molecule has 0 spiro atoms. The van der Waals surface area contributed by atoms with Crippen LogP contribution >= 0.6 is 0 Å². The molecule has 0 heterocycles. The van der Waals surface area contributed by atoms with Crippen molar-refractivity contribution in [2.24, 2.45) is 5.92 Å². The van der Waals surface area contributed by atoms with E-state index in [1.807, 2.05) is 24.3 Å². The quantitative estimate of drug-likeness (QED) is 0.801. The first-order chi connectivity index (χ1) is 9.22. The smallest absolute Gasteiger partial charge is 0.104 e. The van der Waals surface area contributed by atoms with Gasteiger partial charge in [-0.25, -0.2) is 0 Å². The van der Waals surface area contributed by atoms with Crippen LogP contribution in [0.25, 0.3) is 0 Å². The monoisotopic (exact) mass is 263 g/mol. The van der Waals surface area contributed by atoms with E-state index in [0.717, 1.165) is 18.4 Å². The van der Waals surface area contributed by atoms with Crippen LogP contribution in [0.3, 0.4) is 0 Å². The molecule has 0 aromatic heterocycles. The highest BCUT2D eigenvalue weighted by Gasteiger charge is 2.25. The van der Waals surface area contributed by atoms with Crippen molar-refractivity contribution in [3.8, 4) is 0 Å². The number of aliphatic hydroxyl groups excluding tert-OH is 1. The Morgan fingerprint density at radius 1 is 1.32 bits per heavy atom. The number of hydrogen-bond donors (Lipinski definition) is 2. The Balaban J connectivity index is 1.89. The summed E-state index contributed by atoms with van der Waals surface area (Å²) in [6.07, 6.45) is 5.77. The maximum absolute atomic E-state index is 10.2. The number of para-hydroxylation sites is 1. The first-order valence-electron chi connectivity index (χ1n) is 7.36. The lowest BCUT2D eigenvalue weighted by atomic mass is 9.85. The molecule has 3 unspecified atom stereocenters. The molecule has 0 saturated heterocycles. The third kappa shape index (κ3) is 3.71. The molecule has 1 saturated carbocycles. The fraction of sp³-hybridized carbons (Fsp3) is 0.625. The van der Waals surface area contributed by atoms with Crippen LogP contribution in [0, 0.1) is 5.92 Å². The lowest BCUT2D eigenvalue weighted by Crippen LogP contribution is -2.29. The summed E-state index contributed by atoms with van der Waals surface area (Å²) in [6, 6.07) is 7.45. The zero-order chi connectivity index (χ0) is 13.7. The molecular weight excluding hydrogens is 238 g/mol. The minimum atomic E-state index is -0.624. The Hall–Kier alpha value is -1.06. The Morgan fingerprint density at radius 2 is 2.05 bits per heavy atom. The maximum Gasteiger partial charge on any atom is 0.104 e. The number of anilines is 1. The van der Waals surface area contributed by atoms with Crippen molar-refractivity contribution in [2.75, 3.05) is 12.3 Å². The number of benzene rings is 1. The molecule has 0 bridgehead atoms. The van der Waals surface area contributed by atoms with Crippen LogP contribution in [-0.2, 0) is 4.74 Å². The molecule has 0 amide bonds. The van der Waals surface area contributed by atoms with E-state index >= 15 is 0 Å². The van der Waals surface area contributed by atoms with E-state index in [2.05, 4.69) is 6.92 Å². The lowest BCUT2D eigenvalue weighted by Gasteiger charge is -2.31. The molecule has 1 aromatic rings. The molecule has 3 nitrogen and oxygen atoms in total. The largest absolute Gasteiger partial charge is 0.398 e. The summed E-state index contributed by atoms with van der Waals surface area (Å²) >= 11 is 0. The second kappa shape index (κ2) is 6.92. The minimum absolute atomic E-state index is 0.304. The fourth-order valence-corrected chi connectivity index (χ4v) is 2.98. The summed E-state index contributed by atoms with van der Waals surface area (Å²) in [4.78, 5) is 0. The summed E-state index contributed by atoms with van der Waals surface area (Å²) in [6.45, 7) is 2.56. The van der Waals surface area contributed by atoms with Crippen molar-refractivity contribution in [3.63, 3.8) is 0 Å². The van der Waals surface area contributed by atoms with E-state index in [-0.39, 0.29) is 0 Å². The van der Waals surface area contributed by atoms with Gasteiger partial charge in [0.05, 0.1) is 12.7 Å². The van der Waals surface area contributed by atoms with Crippen molar-refractivity contribution in [3.05, 3.63) is 29.8 Å². The predicted octanol–water partition coefficient (Wildman–Crippen LogP) is 3.29. The summed E-state index contributed by atoms with van der Waals surface area (Å²) in [5.74, 6) is 0.647. The molecule has 3 N–H and O–H groups in total. The summed E-state index contributed by atoms with van der Waals surface area (Å²) in [7, 11) is 0. The van der Waals surface area contributed by atoms with E-state index < -0.39 is 6.10 Å². The third-order valence-corrected chi connectivity index (χ3v) is 4.19. The molecule has 3 atom stereocenters. The second-order valence-corrected chi connectivity index (χ2v) is 5.47. The first kappa shape index (κ1) is 14.4. The van der Waals surface area contributed by atoms with Gasteiger partial charge in [-0.05, 0) is 24.8 Å². The fourth-order valence-electron chi connectivity index (χ4n) is 2.98. The van der Waals surface area contributed by atoms with Gasteiger partial charge in [0.1, 0.15) is 6.10 Å². The van der Waals surface area contributed by atoms with Crippen molar-refractivity contribution in [1.29, 1.82) is 0 Å². The second-order valence-electron chi connectivity index (χ2n) is 5.47. The standard InChI is InChI=1S/C16H25NO2/c1-2-12-7-3-6-10-16(12)19-11-15(18)13-8-4-5-9-14(13)17/h4-5,8-9,12,15-16,18H,2-3,6-7,10-11,17H2,1H3. The molecule has 1 aliphatic rings. The van der Waals surface area contributed by atoms with Crippen LogP contribution in [0.1, 0.15) is 50.7 Å². The van der Waals surface area contributed by atoms with Gasteiger partial charge >= 0.3 is 0 Å². The highest BCUT2D eigenvalue weighted by atomic mass is 16.5. The van der Waals surface area contributed by atoms with Gasteiger partial charge in [-0.2, -0.15) is 0 Å². The van der Waals surface area contributed by atoms with Crippen LogP contribution in [0.15, 0.2) is 24.3 Å². The van der Waals surface area contributed by atoms with Crippen molar-refractivity contribution >= 4 is 5.69 Å². The number of aliphatic hydroxyl groups is 1. The van der Waals surface area contributed by atoms with Crippen molar-refractivity contribution in [1.82, 2.24) is 0 Å². The van der Waals surface area contributed by atoms with E-state index in [4.69, 9.17) is 10.5 Å². The van der Waals surface area contributed by atoms with Gasteiger partial charge in [0, 0.05) is 11.3 Å². The number of hydrogen-bond acceptors (Lipinski definition) is 3. The summed E-state index contributed by atoms with van der Waals surface area (Å²) < 4.78 is 5.95. The molecule has 106 valence electrons. The normalized spacial score (nSPS) is 25.2. The van der Waals surface area contributed by atoms with E-state index in [9.17, 15) is 5.11 Å². The zero-order valence-electron chi connectivity index (χ0n) is 11.7. The Morgan fingerprint density at radius 3 is 2.79 bits per heavy atom. The van der Waals surface area contributed by atoms with Crippen LogP contribution in [-0.4, -0.2) is 17.8 Å². The van der Waals surface area contributed by atoms with E-state index in [1.165, 1.54) is 19.3 Å². The Kier molecular flexibility index (Phi) is 5.23. The zero-order valence-corrected chi connectivity index (χ0v) is 11.7. The molecular formula is C16H25NO2. The molecule has 0 radical (unpaired) electrons. The highest BCUT2D eigenvalue weighted by molar-refractivity contribution is 5.47. The van der Waals surface area contributed by atoms with Crippen LogP contribution < -0.4 is 5.73 Å². The van der Waals surface area contributed by atoms with E-state index in [0.29, 0.717) is 24.3 Å². The van der Waals surface area contributed by atoms with Crippen LogP contribution in [0.2, 0.25) is 0 Å². The summed E-state index contributed by atoms with van der Waals surface area (Å²) in [5.41, 5.74) is 7.27. The highest BCUT2D eigenvalue weighted by Crippen LogP contribution is 2.30. The molecule has 1 fully saturated rings. The van der Waals surface area contributed by atoms with E-state index in [1.54, 1.807) is 0 Å². The lowest BCUT2D eigenvalue weighted by molar-refractivity contribution is -0.0513. The Labute approximate surface area is 115 Å². The van der Waals surface area contributed by atoms with Gasteiger partial charge in [0.15, 0.2) is 0 Å². The summed E-state index contributed by atoms with van der Waals surface area (Å²) in [5, 5.41) is 10.2. The van der Waals surface area contributed by atoms with Crippen LogP contribution in [0.4, 0.5) is 5.69 Å². The van der Waals surface area contributed by atoms with Crippen molar-refractivity contribution < 1.29 is 9.84 Å². The molecule has 1 aromatic carbocycles. The molecule has 3 heteroatoms. The molecule has 2 rings (SSSR count).